The lowest BCUT2D eigenvalue weighted by Gasteiger charge is -2.00. The van der Waals surface area contributed by atoms with Gasteiger partial charge >= 0.3 is 5.97 Å². The number of carboxylic acid groups (broad SMARTS) is 1. The molecule has 0 aliphatic carbocycles. The number of aliphatic hydroxyl groups excluding tert-OH is 1. The van der Waals surface area contributed by atoms with Crippen LogP contribution in [-0.2, 0) is 4.79 Å². The molecule has 0 saturated heterocycles. The van der Waals surface area contributed by atoms with Crippen LogP contribution >= 0.6 is 0 Å². The SMILES string of the molecule is [2H]C([2H])([13CH2]O)[C@@]([2H])(N)C(=O)O. The van der Waals surface area contributed by atoms with Gasteiger partial charge in [0, 0.05) is 9.35 Å². The highest BCUT2D eigenvalue weighted by molar-refractivity contribution is 5.72. The fourth-order valence-electron chi connectivity index (χ4n) is 0.161. The van der Waals surface area contributed by atoms with Crippen LogP contribution in [-0.4, -0.2) is 28.8 Å². The molecule has 8 heavy (non-hydrogen) atoms. The lowest BCUT2D eigenvalue weighted by molar-refractivity contribution is -0.138. The van der Waals surface area contributed by atoms with Crippen LogP contribution in [0.5, 0.6) is 0 Å². The number of nitrogens with two attached hydrogens (primary N) is 1. The van der Waals surface area contributed by atoms with Gasteiger partial charge in [0.25, 0.3) is 0 Å². The molecule has 0 bridgehead atoms. The standard InChI is InChI=1S/C4H9NO3/c5-3(1-2-6)4(7)8/h3,6H,1-2,5H2,(H,7,8)/t3-/m1/s1/i1D2,2+1,3D. The van der Waals surface area contributed by atoms with Crippen LogP contribution in [0.1, 0.15) is 10.5 Å². The molecule has 4 nitrogen and oxygen atoms in total. The van der Waals surface area contributed by atoms with Crippen molar-refractivity contribution in [3.63, 3.8) is 0 Å². The molecule has 0 radical (unpaired) electrons. The summed E-state index contributed by atoms with van der Waals surface area (Å²) in [6.45, 7) is -1.10. The molecule has 0 unspecified atom stereocenters. The van der Waals surface area contributed by atoms with Crippen molar-refractivity contribution in [1.29, 1.82) is 0 Å². The van der Waals surface area contributed by atoms with Crippen molar-refractivity contribution in [2.24, 2.45) is 5.73 Å². The molecule has 0 aliphatic rings. The van der Waals surface area contributed by atoms with Gasteiger partial charge in [-0.15, -0.1) is 0 Å². The highest BCUT2D eigenvalue weighted by atomic mass is 16.4. The molecule has 0 spiro atoms. The molecule has 4 N–H and O–H groups in total. The predicted octanol–water partition coefficient (Wildman–Crippen LogP) is -1.22. The maximum atomic E-state index is 10.2. The molecule has 0 rings (SSSR count). The quantitative estimate of drug-likeness (QED) is 0.411. The average Bonchev–Trinajstić information content (AvgIpc) is 1.87. The van der Waals surface area contributed by atoms with Crippen LogP contribution in [0.4, 0.5) is 0 Å². The molecule has 48 valence electrons. The molecule has 0 fully saturated rings. The normalized spacial score (nSPS) is 24.5. The van der Waals surface area contributed by atoms with Crippen molar-refractivity contribution >= 4 is 5.97 Å². The van der Waals surface area contributed by atoms with E-state index in [0.29, 0.717) is 0 Å². The minimum Gasteiger partial charge on any atom is -0.480 e. The molecule has 0 aromatic rings. The summed E-state index contributed by atoms with van der Waals surface area (Å²) in [5, 5.41) is 16.6. The van der Waals surface area contributed by atoms with Gasteiger partial charge in [-0.2, -0.15) is 0 Å². The van der Waals surface area contributed by atoms with Crippen LogP contribution < -0.4 is 5.73 Å². The van der Waals surface area contributed by atoms with E-state index >= 15 is 0 Å². The van der Waals surface area contributed by atoms with Crippen molar-refractivity contribution in [2.45, 2.75) is 12.4 Å². The Bertz CT molecular complexity index is 170. The molecule has 0 heterocycles. The third-order valence-electron chi connectivity index (χ3n) is 0.500. The topological polar surface area (TPSA) is 83.5 Å². The Hall–Kier alpha value is -0.610. The van der Waals surface area contributed by atoms with Crippen LogP contribution in [0, 0.1) is 0 Å². The van der Waals surface area contributed by atoms with Crippen LogP contribution in [0.15, 0.2) is 0 Å². The number of hydrogen-bond donors (Lipinski definition) is 3. The minimum absolute atomic E-state index is 1.10. The Morgan fingerprint density at radius 1 is 2.12 bits per heavy atom. The van der Waals surface area contributed by atoms with Crippen molar-refractivity contribution in [1.82, 2.24) is 0 Å². The van der Waals surface area contributed by atoms with E-state index in [0.717, 1.165) is 0 Å². The molecule has 4 heteroatoms. The third kappa shape index (κ3) is 2.54. The second-order valence-electron chi connectivity index (χ2n) is 1.05. The van der Waals surface area contributed by atoms with Gasteiger partial charge in [0.05, 0.1) is 1.37 Å². The summed E-state index contributed by atoms with van der Waals surface area (Å²) in [6, 6.07) is -2.80. The van der Waals surface area contributed by atoms with Crippen molar-refractivity contribution in [3.8, 4) is 0 Å². The first kappa shape index (κ1) is 3.42. The van der Waals surface area contributed by atoms with E-state index in [4.69, 9.17) is 20.1 Å². The first-order valence-electron chi connectivity index (χ1n) is 3.39. The van der Waals surface area contributed by atoms with Crippen molar-refractivity contribution in [3.05, 3.63) is 0 Å². The Balaban J connectivity index is 4.67. The van der Waals surface area contributed by atoms with Crippen LogP contribution in [0.25, 0.3) is 0 Å². The van der Waals surface area contributed by atoms with Gasteiger partial charge in [-0.25, -0.2) is 0 Å². The van der Waals surface area contributed by atoms with E-state index in [1.54, 1.807) is 0 Å². The van der Waals surface area contributed by atoms with E-state index in [-0.39, 0.29) is 0 Å². The van der Waals surface area contributed by atoms with Gasteiger partial charge in [-0.1, -0.05) is 0 Å². The van der Waals surface area contributed by atoms with Crippen molar-refractivity contribution < 1.29 is 19.1 Å². The van der Waals surface area contributed by atoms with Gasteiger partial charge in [-0.3, -0.25) is 4.79 Å². The van der Waals surface area contributed by atoms with Gasteiger partial charge in [0.1, 0.15) is 6.02 Å². The predicted molar refractivity (Wildman–Crippen MR) is 27.3 cm³/mol. The summed E-state index contributed by atoms with van der Waals surface area (Å²) >= 11 is 0. The maximum Gasteiger partial charge on any atom is 0.320 e. The Kier molecular flexibility index (Phi) is 1.45. The number of aliphatic hydroxyl groups is 1. The lowest BCUT2D eigenvalue weighted by Crippen LogP contribution is -2.30. The smallest absolute Gasteiger partial charge is 0.320 e. The molecular weight excluding hydrogens is 111 g/mol. The highest BCUT2D eigenvalue weighted by Gasteiger charge is 2.08. The molecule has 0 amide bonds. The van der Waals surface area contributed by atoms with E-state index in [2.05, 4.69) is 0 Å². The number of rotatable bonds is 3. The monoisotopic (exact) mass is 123 g/mol. The van der Waals surface area contributed by atoms with E-state index < -0.39 is 25.0 Å². The maximum absolute atomic E-state index is 10.2. The summed E-state index contributed by atoms with van der Waals surface area (Å²) in [5.74, 6) is -1.81. The van der Waals surface area contributed by atoms with E-state index in [9.17, 15) is 4.79 Å². The van der Waals surface area contributed by atoms with Gasteiger partial charge in [0.15, 0.2) is 0 Å². The number of carbonyl (C=O) groups is 1. The molecule has 0 aromatic carbocycles. The zero-order valence-corrected chi connectivity index (χ0v) is 4.09. The summed E-state index contributed by atoms with van der Waals surface area (Å²) in [5.41, 5.74) is 4.78. The molecule has 1 atom stereocenters. The number of hydrogen-bond acceptors (Lipinski definition) is 3. The second kappa shape index (κ2) is 3.40. The summed E-state index contributed by atoms with van der Waals surface area (Å²) in [6.07, 6.45) is -2.64. The Morgan fingerprint density at radius 3 is 2.75 bits per heavy atom. The van der Waals surface area contributed by atoms with Crippen LogP contribution in [0.3, 0.4) is 0 Å². The third-order valence-corrected chi connectivity index (χ3v) is 0.500. The minimum atomic E-state index is -2.80. The summed E-state index contributed by atoms with van der Waals surface area (Å²) in [7, 11) is 0. The summed E-state index contributed by atoms with van der Waals surface area (Å²) < 4.78 is 20.5. The highest BCUT2D eigenvalue weighted by Crippen LogP contribution is 1.83. The van der Waals surface area contributed by atoms with Gasteiger partial charge < -0.3 is 15.9 Å². The van der Waals surface area contributed by atoms with Crippen molar-refractivity contribution in [2.75, 3.05) is 6.61 Å². The van der Waals surface area contributed by atoms with Gasteiger partial charge in [-0.05, 0) is 6.37 Å². The average molecular weight is 123 g/mol. The Morgan fingerprint density at radius 2 is 2.62 bits per heavy atom. The van der Waals surface area contributed by atoms with E-state index in [1.165, 1.54) is 0 Å². The van der Waals surface area contributed by atoms with Gasteiger partial charge in [0.2, 0.25) is 0 Å². The zero-order valence-electron chi connectivity index (χ0n) is 7.09. The number of aliphatic carboxylic acids is 1. The van der Waals surface area contributed by atoms with E-state index in [1.807, 2.05) is 0 Å². The first-order chi connectivity index (χ1) is 4.75. The molecule has 0 saturated carbocycles. The molecule has 0 aromatic heterocycles. The molecular formula is C4H9NO3. The lowest BCUT2D eigenvalue weighted by atomic mass is 10.3. The largest absolute Gasteiger partial charge is 0.480 e. The summed E-state index contributed by atoms with van der Waals surface area (Å²) in [4.78, 5) is 10.2. The fraction of sp³-hybridized carbons (Fsp3) is 0.750. The second-order valence-corrected chi connectivity index (χ2v) is 1.05. The Labute approximate surface area is 51.1 Å². The molecule has 0 aliphatic heterocycles. The first-order valence-corrected chi connectivity index (χ1v) is 1.89. The van der Waals surface area contributed by atoms with Crippen LogP contribution in [0.2, 0.25) is 0 Å². The number of carboxylic acids is 1. The zero-order chi connectivity index (χ0) is 9.28. The fourth-order valence-corrected chi connectivity index (χ4v) is 0.161.